The summed E-state index contributed by atoms with van der Waals surface area (Å²) in [4.78, 5) is 24.7. The number of hydrogen-bond acceptors (Lipinski definition) is 5. The second-order valence-electron chi connectivity index (χ2n) is 5.80. The maximum atomic E-state index is 12.6. The Kier molecular flexibility index (Phi) is 4.64. The lowest BCUT2D eigenvalue weighted by Gasteiger charge is -2.20. The molecule has 124 valence electrons. The average Bonchev–Trinajstić information content (AvgIpc) is 3.20. The Balaban J connectivity index is 1.86. The Hall–Kier alpha value is -2.25. The van der Waals surface area contributed by atoms with E-state index in [1.54, 1.807) is 23.5 Å². The molecule has 1 atom stereocenters. The topological polar surface area (TPSA) is 72.2 Å². The van der Waals surface area contributed by atoms with Gasteiger partial charge in [-0.2, -0.15) is 0 Å². The Morgan fingerprint density at radius 2 is 2.04 bits per heavy atom. The first-order valence-corrected chi connectivity index (χ1v) is 9.17. The zero-order valence-corrected chi connectivity index (χ0v) is 14.8. The Morgan fingerprint density at radius 3 is 2.67 bits per heavy atom. The molecular formula is C17H16N2O3S2. The summed E-state index contributed by atoms with van der Waals surface area (Å²) in [6, 6.07) is 10.3. The van der Waals surface area contributed by atoms with Gasteiger partial charge >= 0.3 is 0 Å². The molecule has 1 unspecified atom stereocenters. The number of nitrogens with zero attached hydrogens (tertiary/aromatic N) is 1. The van der Waals surface area contributed by atoms with Gasteiger partial charge in [-0.25, -0.2) is 0 Å². The number of hydrogen-bond donors (Lipinski definition) is 1. The number of thiophene rings is 2. The molecule has 0 bridgehead atoms. The van der Waals surface area contributed by atoms with E-state index in [9.17, 15) is 14.9 Å². The van der Waals surface area contributed by atoms with Crippen LogP contribution in [0.3, 0.4) is 0 Å². The van der Waals surface area contributed by atoms with Gasteiger partial charge in [0.25, 0.3) is 11.6 Å². The van der Waals surface area contributed by atoms with Gasteiger partial charge in [0, 0.05) is 27.1 Å². The number of nitrogens with one attached hydrogen (secondary N) is 1. The van der Waals surface area contributed by atoms with E-state index in [0.29, 0.717) is 4.88 Å². The molecule has 0 spiro atoms. The molecule has 0 aliphatic heterocycles. The van der Waals surface area contributed by atoms with Crippen molar-refractivity contribution in [2.45, 2.75) is 19.9 Å². The predicted octanol–water partition coefficient (Wildman–Crippen LogP) is 5.00. The predicted molar refractivity (Wildman–Crippen MR) is 97.8 cm³/mol. The fourth-order valence-corrected chi connectivity index (χ4v) is 4.40. The molecule has 1 amide bonds. The van der Waals surface area contributed by atoms with Gasteiger partial charge in [-0.1, -0.05) is 19.9 Å². The van der Waals surface area contributed by atoms with Gasteiger partial charge in [0.2, 0.25) is 0 Å². The van der Waals surface area contributed by atoms with Gasteiger partial charge in [-0.05, 0) is 29.5 Å². The van der Waals surface area contributed by atoms with Crippen LogP contribution in [0.5, 0.6) is 0 Å². The van der Waals surface area contributed by atoms with Gasteiger partial charge in [-0.15, -0.1) is 22.7 Å². The number of carbonyl (C=O) groups is 1. The van der Waals surface area contributed by atoms with E-state index < -0.39 is 4.92 Å². The number of fused-ring (bicyclic) bond motifs is 1. The molecule has 2 heterocycles. The van der Waals surface area contributed by atoms with Crippen LogP contribution >= 0.6 is 22.7 Å². The van der Waals surface area contributed by atoms with Gasteiger partial charge in [0.1, 0.15) is 0 Å². The number of carbonyl (C=O) groups excluding carboxylic acids is 1. The van der Waals surface area contributed by atoms with Crippen molar-refractivity contribution in [2.75, 3.05) is 0 Å². The van der Waals surface area contributed by atoms with Gasteiger partial charge in [-0.3, -0.25) is 14.9 Å². The van der Waals surface area contributed by atoms with E-state index in [1.807, 2.05) is 17.5 Å². The molecule has 0 fully saturated rings. The third-order valence-electron chi connectivity index (χ3n) is 3.74. The summed E-state index contributed by atoms with van der Waals surface area (Å²) in [5.74, 6) is 0.119. The standard InChI is InChI=1S/C17H16N2O3S2/c1-10(2)16(14-4-3-7-23-14)18-17(20)15-9-11-8-12(19(21)22)5-6-13(11)24-15/h3-10,16H,1-2H3,(H,18,20). The normalized spacial score (nSPS) is 12.5. The molecule has 7 heteroatoms. The van der Waals surface area contributed by atoms with Gasteiger partial charge < -0.3 is 5.32 Å². The molecule has 5 nitrogen and oxygen atoms in total. The Labute approximate surface area is 147 Å². The van der Waals surface area contributed by atoms with Crippen molar-refractivity contribution < 1.29 is 9.72 Å². The van der Waals surface area contributed by atoms with Crippen molar-refractivity contribution in [1.29, 1.82) is 0 Å². The molecule has 3 aromatic rings. The maximum Gasteiger partial charge on any atom is 0.270 e. The zero-order chi connectivity index (χ0) is 17.3. The first-order valence-electron chi connectivity index (χ1n) is 7.48. The SMILES string of the molecule is CC(C)C(NC(=O)c1cc2cc([N+](=O)[O-])ccc2s1)c1cccs1. The van der Waals surface area contributed by atoms with Crippen molar-refractivity contribution in [1.82, 2.24) is 5.32 Å². The van der Waals surface area contributed by atoms with Crippen LogP contribution in [-0.4, -0.2) is 10.8 Å². The Morgan fingerprint density at radius 1 is 1.25 bits per heavy atom. The van der Waals surface area contributed by atoms with Crippen LogP contribution in [0.2, 0.25) is 0 Å². The minimum absolute atomic E-state index is 0.0332. The highest BCUT2D eigenvalue weighted by molar-refractivity contribution is 7.20. The minimum Gasteiger partial charge on any atom is -0.343 e. The molecule has 0 saturated carbocycles. The highest BCUT2D eigenvalue weighted by Gasteiger charge is 2.21. The summed E-state index contributed by atoms with van der Waals surface area (Å²) in [6.45, 7) is 4.14. The maximum absolute atomic E-state index is 12.6. The summed E-state index contributed by atoms with van der Waals surface area (Å²) in [7, 11) is 0. The fourth-order valence-electron chi connectivity index (χ4n) is 2.50. The summed E-state index contributed by atoms with van der Waals surface area (Å²) >= 11 is 2.97. The van der Waals surface area contributed by atoms with Gasteiger partial charge in [0.05, 0.1) is 15.8 Å². The average molecular weight is 360 g/mol. The number of nitro benzene ring substituents is 1. The van der Waals surface area contributed by atoms with Crippen LogP contribution in [0.4, 0.5) is 5.69 Å². The van der Waals surface area contributed by atoms with Crippen LogP contribution in [0.15, 0.2) is 41.8 Å². The van der Waals surface area contributed by atoms with Crippen molar-refractivity contribution in [3.63, 3.8) is 0 Å². The summed E-state index contributed by atoms with van der Waals surface area (Å²) in [6.07, 6.45) is 0. The second kappa shape index (κ2) is 6.70. The third-order valence-corrected chi connectivity index (χ3v) is 5.81. The number of non-ortho nitro benzene ring substituents is 1. The van der Waals surface area contributed by atoms with Crippen LogP contribution in [0.25, 0.3) is 10.1 Å². The molecule has 0 radical (unpaired) electrons. The fraction of sp³-hybridized carbons (Fsp3) is 0.235. The van der Waals surface area contributed by atoms with Crippen LogP contribution in [0.1, 0.15) is 34.4 Å². The lowest BCUT2D eigenvalue weighted by molar-refractivity contribution is -0.384. The van der Waals surface area contributed by atoms with Crippen LogP contribution in [0, 0.1) is 16.0 Å². The van der Waals surface area contributed by atoms with Gasteiger partial charge in [0.15, 0.2) is 0 Å². The monoisotopic (exact) mass is 360 g/mol. The van der Waals surface area contributed by atoms with Crippen molar-refractivity contribution >= 4 is 44.4 Å². The van der Waals surface area contributed by atoms with Crippen molar-refractivity contribution in [2.24, 2.45) is 5.92 Å². The highest BCUT2D eigenvalue weighted by Crippen LogP contribution is 2.31. The number of nitro groups is 1. The molecule has 0 aliphatic carbocycles. The molecule has 1 N–H and O–H groups in total. The second-order valence-corrected chi connectivity index (χ2v) is 7.86. The van der Waals surface area contributed by atoms with Crippen molar-refractivity contribution in [3.8, 4) is 0 Å². The number of amides is 1. The molecule has 0 saturated heterocycles. The first kappa shape index (κ1) is 16.6. The van der Waals surface area contributed by atoms with E-state index in [-0.39, 0.29) is 23.6 Å². The van der Waals surface area contributed by atoms with E-state index in [2.05, 4.69) is 19.2 Å². The van der Waals surface area contributed by atoms with E-state index >= 15 is 0 Å². The molecule has 24 heavy (non-hydrogen) atoms. The largest absolute Gasteiger partial charge is 0.343 e. The number of rotatable bonds is 5. The summed E-state index contributed by atoms with van der Waals surface area (Å²) < 4.78 is 0.864. The minimum atomic E-state index is -0.428. The summed E-state index contributed by atoms with van der Waals surface area (Å²) in [5, 5.41) is 16.7. The van der Waals surface area contributed by atoms with E-state index in [0.717, 1.165) is 15.0 Å². The lowest BCUT2D eigenvalue weighted by atomic mass is 10.0. The molecular weight excluding hydrogens is 344 g/mol. The Bertz CT molecular complexity index is 885. The van der Waals surface area contributed by atoms with E-state index in [1.165, 1.54) is 23.5 Å². The third kappa shape index (κ3) is 3.32. The highest BCUT2D eigenvalue weighted by atomic mass is 32.1. The quantitative estimate of drug-likeness (QED) is 0.514. The molecule has 2 aromatic heterocycles. The van der Waals surface area contributed by atoms with Crippen molar-refractivity contribution in [3.05, 3.63) is 61.6 Å². The number of benzene rings is 1. The molecule has 1 aromatic carbocycles. The smallest absolute Gasteiger partial charge is 0.270 e. The first-order chi connectivity index (χ1) is 11.5. The zero-order valence-electron chi connectivity index (χ0n) is 13.2. The molecule has 0 aliphatic rings. The molecule has 3 rings (SSSR count). The van der Waals surface area contributed by atoms with Crippen LogP contribution in [-0.2, 0) is 0 Å². The summed E-state index contributed by atoms with van der Waals surface area (Å²) in [5.41, 5.74) is 0.0332. The van der Waals surface area contributed by atoms with E-state index in [4.69, 9.17) is 0 Å². The van der Waals surface area contributed by atoms with Crippen LogP contribution < -0.4 is 5.32 Å². The lowest BCUT2D eigenvalue weighted by Crippen LogP contribution is -2.30.